The smallest absolute Gasteiger partial charge is 0.325 e. The summed E-state index contributed by atoms with van der Waals surface area (Å²) in [5.41, 5.74) is 11.3. The van der Waals surface area contributed by atoms with E-state index in [0.717, 1.165) is 0 Å². The summed E-state index contributed by atoms with van der Waals surface area (Å²) in [5.74, 6) is -4.13. The number of primary amides is 1. The number of aromatic amines is 1. The molecule has 1 aromatic heterocycles. The van der Waals surface area contributed by atoms with Crippen LogP contribution in [0.5, 0.6) is 0 Å². The zero-order valence-corrected chi connectivity index (χ0v) is 17.7. The molecule has 0 spiro atoms. The third kappa shape index (κ3) is 9.04. The molecule has 0 aliphatic rings. The van der Waals surface area contributed by atoms with E-state index in [1.165, 1.54) is 19.4 Å². The van der Waals surface area contributed by atoms with Gasteiger partial charge in [-0.05, 0) is 13.3 Å². The highest BCUT2D eigenvalue weighted by atomic mass is 32.1. The van der Waals surface area contributed by atoms with Crippen molar-refractivity contribution in [2.24, 2.45) is 11.5 Å². The molecule has 1 heterocycles. The van der Waals surface area contributed by atoms with Crippen molar-refractivity contribution in [1.82, 2.24) is 25.9 Å². The topological polar surface area (TPSA) is 222 Å². The lowest BCUT2D eigenvalue weighted by molar-refractivity contribution is -0.141. The Morgan fingerprint density at radius 3 is 2.26 bits per heavy atom. The van der Waals surface area contributed by atoms with Crippen LogP contribution in [0.4, 0.5) is 0 Å². The van der Waals surface area contributed by atoms with Crippen LogP contribution >= 0.6 is 12.6 Å². The summed E-state index contributed by atoms with van der Waals surface area (Å²) in [6.45, 7) is 1.27. The highest BCUT2D eigenvalue weighted by Crippen LogP contribution is 2.03. The summed E-state index contributed by atoms with van der Waals surface area (Å²) >= 11 is 4.02. The number of carbonyl (C=O) groups excluding carboxylic acids is 4. The average Bonchev–Trinajstić information content (AvgIpc) is 3.22. The number of nitrogens with zero attached hydrogens (tertiary/aromatic N) is 1. The fourth-order valence-corrected chi connectivity index (χ4v) is 2.63. The molecule has 0 fully saturated rings. The molecule has 0 saturated carbocycles. The van der Waals surface area contributed by atoms with Crippen LogP contribution in [0.25, 0.3) is 0 Å². The van der Waals surface area contributed by atoms with Crippen molar-refractivity contribution in [3.8, 4) is 0 Å². The second-order valence-corrected chi connectivity index (χ2v) is 7.13. The number of hydrogen-bond donors (Lipinski definition) is 8. The van der Waals surface area contributed by atoms with Crippen LogP contribution in [-0.2, 0) is 30.4 Å². The minimum atomic E-state index is -1.24. The molecule has 0 aliphatic carbocycles. The van der Waals surface area contributed by atoms with Gasteiger partial charge in [-0.1, -0.05) is 0 Å². The summed E-state index contributed by atoms with van der Waals surface area (Å²) in [6.07, 6.45) is 2.75. The van der Waals surface area contributed by atoms with Gasteiger partial charge in [-0.15, -0.1) is 0 Å². The molecule has 31 heavy (non-hydrogen) atoms. The molecule has 0 bridgehead atoms. The van der Waals surface area contributed by atoms with Crippen LogP contribution in [0, 0.1) is 0 Å². The Hall–Kier alpha value is -3.13. The average molecular weight is 458 g/mol. The molecule has 13 nitrogen and oxygen atoms in total. The van der Waals surface area contributed by atoms with Crippen LogP contribution in [0.1, 0.15) is 25.5 Å². The van der Waals surface area contributed by atoms with E-state index in [0.29, 0.717) is 5.69 Å². The number of carboxylic acid groups (broad SMARTS) is 1. The number of hydrogen-bond acceptors (Lipinski definition) is 8. The first-order chi connectivity index (χ1) is 14.5. The van der Waals surface area contributed by atoms with E-state index >= 15 is 0 Å². The third-order valence-corrected chi connectivity index (χ3v) is 4.56. The van der Waals surface area contributed by atoms with Gasteiger partial charge in [0.25, 0.3) is 0 Å². The SMILES string of the molecule is CC(NC(=O)C(CS)NC(=O)C(Cc1cnc[nH]1)NC(=O)C(N)CCC(N)=O)C(=O)O. The van der Waals surface area contributed by atoms with E-state index in [4.69, 9.17) is 16.6 Å². The Kier molecular flexibility index (Phi) is 10.5. The van der Waals surface area contributed by atoms with Crippen LogP contribution in [-0.4, -0.2) is 74.6 Å². The maximum atomic E-state index is 12.8. The molecule has 0 aliphatic heterocycles. The van der Waals surface area contributed by atoms with Gasteiger partial charge in [0.2, 0.25) is 23.6 Å². The van der Waals surface area contributed by atoms with Gasteiger partial charge in [0, 0.05) is 30.5 Å². The predicted molar refractivity (Wildman–Crippen MR) is 112 cm³/mol. The fraction of sp³-hybridized carbons (Fsp3) is 0.529. The van der Waals surface area contributed by atoms with Gasteiger partial charge in [0.1, 0.15) is 18.1 Å². The number of imidazole rings is 1. The Balaban J connectivity index is 2.87. The van der Waals surface area contributed by atoms with Crippen LogP contribution in [0.2, 0.25) is 0 Å². The molecule has 4 amide bonds. The van der Waals surface area contributed by atoms with Gasteiger partial charge in [-0.3, -0.25) is 24.0 Å². The molecular formula is C17H27N7O6S. The van der Waals surface area contributed by atoms with E-state index < -0.39 is 53.8 Å². The molecule has 14 heteroatoms. The number of nitrogens with one attached hydrogen (secondary N) is 4. The number of carbonyl (C=O) groups is 5. The number of nitrogens with two attached hydrogens (primary N) is 2. The molecule has 1 aromatic rings. The molecule has 172 valence electrons. The first kappa shape index (κ1) is 25.9. The van der Waals surface area contributed by atoms with E-state index in [2.05, 4.69) is 38.5 Å². The normalized spacial score (nSPS) is 14.5. The molecule has 1 rings (SSSR count). The number of H-pyrrole nitrogens is 1. The molecule has 0 radical (unpaired) electrons. The van der Waals surface area contributed by atoms with Gasteiger partial charge in [0.15, 0.2) is 0 Å². The molecule has 9 N–H and O–H groups in total. The number of thiol groups is 1. The molecular weight excluding hydrogens is 430 g/mol. The second-order valence-electron chi connectivity index (χ2n) is 6.77. The molecule has 4 atom stereocenters. The van der Waals surface area contributed by atoms with Crippen LogP contribution in [0.3, 0.4) is 0 Å². The zero-order valence-electron chi connectivity index (χ0n) is 16.8. The second kappa shape index (κ2) is 12.5. The highest BCUT2D eigenvalue weighted by Gasteiger charge is 2.29. The van der Waals surface area contributed by atoms with Gasteiger partial charge < -0.3 is 37.5 Å². The van der Waals surface area contributed by atoms with Crippen LogP contribution in [0.15, 0.2) is 12.5 Å². The number of aromatic nitrogens is 2. The van der Waals surface area contributed by atoms with Crippen molar-refractivity contribution in [3.05, 3.63) is 18.2 Å². The van der Waals surface area contributed by atoms with Crippen molar-refractivity contribution in [2.75, 3.05) is 5.75 Å². The van der Waals surface area contributed by atoms with Gasteiger partial charge in [-0.2, -0.15) is 12.6 Å². The number of aliphatic carboxylic acids is 1. The quantitative estimate of drug-likeness (QED) is 0.142. The number of carboxylic acids is 1. The summed E-state index contributed by atoms with van der Waals surface area (Å²) in [6, 6.07) is -4.54. The van der Waals surface area contributed by atoms with Crippen molar-refractivity contribution in [3.63, 3.8) is 0 Å². The summed E-state index contributed by atoms with van der Waals surface area (Å²) < 4.78 is 0. The first-order valence-corrected chi connectivity index (χ1v) is 9.94. The lowest BCUT2D eigenvalue weighted by Crippen LogP contribution is -2.58. The van der Waals surface area contributed by atoms with Gasteiger partial charge >= 0.3 is 5.97 Å². The van der Waals surface area contributed by atoms with Crippen LogP contribution < -0.4 is 27.4 Å². The summed E-state index contributed by atoms with van der Waals surface area (Å²) in [7, 11) is 0. The van der Waals surface area contributed by atoms with Crippen molar-refractivity contribution in [1.29, 1.82) is 0 Å². The maximum Gasteiger partial charge on any atom is 0.325 e. The molecule has 4 unspecified atom stereocenters. The van der Waals surface area contributed by atoms with Crippen molar-refractivity contribution < 1.29 is 29.1 Å². The standard InChI is InChI=1S/C17H27N7O6S/c1-8(17(29)30)22-16(28)12(6-31)24-15(27)11(4-9-5-20-7-21-9)23-14(26)10(18)2-3-13(19)25/h5,7-8,10-12,31H,2-4,6,18H2,1H3,(H2,19,25)(H,20,21)(H,22,28)(H,23,26)(H,24,27)(H,29,30). The van der Waals surface area contributed by atoms with Gasteiger partial charge in [0.05, 0.1) is 12.4 Å². The summed E-state index contributed by atoms with van der Waals surface area (Å²) in [5, 5.41) is 16.1. The minimum absolute atomic E-state index is 0.00564. The Bertz CT molecular complexity index is 788. The van der Waals surface area contributed by atoms with Crippen molar-refractivity contribution >= 4 is 42.2 Å². The third-order valence-electron chi connectivity index (χ3n) is 4.20. The maximum absolute atomic E-state index is 12.8. The molecule has 0 saturated heterocycles. The minimum Gasteiger partial charge on any atom is -0.480 e. The van der Waals surface area contributed by atoms with Crippen molar-refractivity contribution in [2.45, 2.75) is 50.4 Å². The fourth-order valence-electron chi connectivity index (χ4n) is 2.38. The largest absolute Gasteiger partial charge is 0.480 e. The Labute approximate surface area is 183 Å². The van der Waals surface area contributed by atoms with Gasteiger partial charge in [-0.25, -0.2) is 4.98 Å². The zero-order chi connectivity index (χ0) is 23.6. The highest BCUT2D eigenvalue weighted by molar-refractivity contribution is 7.80. The number of amides is 4. The Morgan fingerprint density at radius 2 is 1.74 bits per heavy atom. The first-order valence-electron chi connectivity index (χ1n) is 9.31. The molecule has 0 aromatic carbocycles. The van der Waals surface area contributed by atoms with E-state index in [9.17, 15) is 24.0 Å². The monoisotopic (exact) mass is 457 g/mol. The Morgan fingerprint density at radius 1 is 1.13 bits per heavy atom. The lowest BCUT2D eigenvalue weighted by atomic mass is 10.1. The van der Waals surface area contributed by atoms with E-state index in [1.807, 2.05) is 0 Å². The summed E-state index contributed by atoms with van der Waals surface area (Å²) in [4.78, 5) is 65.8. The van der Waals surface area contributed by atoms with E-state index in [-0.39, 0.29) is 25.0 Å². The number of rotatable bonds is 13. The van der Waals surface area contributed by atoms with E-state index in [1.54, 1.807) is 0 Å². The predicted octanol–water partition coefficient (Wildman–Crippen LogP) is -2.97. The lowest BCUT2D eigenvalue weighted by Gasteiger charge is -2.23.